The zero-order chi connectivity index (χ0) is 17.7. The summed E-state index contributed by atoms with van der Waals surface area (Å²) < 4.78 is 42.8. The van der Waals surface area contributed by atoms with Crippen molar-refractivity contribution in [3.63, 3.8) is 0 Å². The van der Waals surface area contributed by atoms with E-state index in [1.54, 1.807) is 18.4 Å². The van der Waals surface area contributed by atoms with Crippen LogP contribution in [0.3, 0.4) is 0 Å². The van der Waals surface area contributed by atoms with Crippen molar-refractivity contribution in [1.29, 1.82) is 0 Å². The van der Waals surface area contributed by atoms with Crippen LogP contribution < -0.4 is 10.6 Å². The molecule has 2 aromatic rings. The number of anilines is 1. The van der Waals surface area contributed by atoms with E-state index in [4.69, 9.17) is 4.74 Å². The summed E-state index contributed by atoms with van der Waals surface area (Å²) >= 11 is 1.58. The van der Waals surface area contributed by atoms with Crippen molar-refractivity contribution in [3.05, 3.63) is 51.7 Å². The first-order valence-electron chi connectivity index (χ1n) is 7.11. The molecule has 2 rings (SSSR count). The Morgan fingerprint density at radius 1 is 1.21 bits per heavy atom. The van der Waals surface area contributed by atoms with Crippen molar-refractivity contribution >= 4 is 23.1 Å². The number of amides is 2. The second kappa shape index (κ2) is 7.67. The number of aryl methyl sites for hydroxylation is 1. The Morgan fingerprint density at radius 3 is 2.38 bits per heavy atom. The average molecular weight is 358 g/mol. The Labute approximate surface area is 141 Å². The Morgan fingerprint density at radius 2 is 1.88 bits per heavy atom. The van der Waals surface area contributed by atoms with Crippen LogP contribution in [-0.4, -0.2) is 19.7 Å². The predicted octanol–water partition coefficient (Wildman–Crippen LogP) is 4.58. The van der Waals surface area contributed by atoms with Gasteiger partial charge in [-0.15, -0.1) is 11.3 Å². The maximum atomic E-state index is 12.5. The number of hydrogen-bond donors (Lipinski definition) is 2. The number of methoxy groups -OCH3 is 1. The molecule has 1 aromatic carbocycles. The van der Waals surface area contributed by atoms with Gasteiger partial charge in [0.2, 0.25) is 0 Å². The molecule has 0 saturated heterocycles. The van der Waals surface area contributed by atoms with Gasteiger partial charge in [-0.1, -0.05) is 0 Å². The summed E-state index contributed by atoms with van der Waals surface area (Å²) in [5, 5.41) is 5.13. The number of ether oxygens (including phenoxy) is 1. The lowest BCUT2D eigenvalue weighted by Gasteiger charge is -2.15. The van der Waals surface area contributed by atoms with E-state index in [0.29, 0.717) is 0 Å². The van der Waals surface area contributed by atoms with Crippen molar-refractivity contribution in [2.75, 3.05) is 19.0 Å². The Kier molecular flexibility index (Phi) is 5.84. The minimum absolute atomic E-state index is 0.253. The number of thiophene rings is 1. The number of benzene rings is 1. The number of nitrogens with one attached hydrogen (secondary N) is 2. The van der Waals surface area contributed by atoms with Gasteiger partial charge in [-0.25, -0.2) is 4.79 Å². The van der Waals surface area contributed by atoms with Crippen LogP contribution in [0.5, 0.6) is 0 Å². The van der Waals surface area contributed by atoms with Crippen molar-refractivity contribution in [2.24, 2.45) is 0 Å². The number of carbonyl (C=O) groups excluding carboxylic acids is 1. The highest BCUT2D eigenvalue weighted by molar-refractivity contribution is 7.12. The molecule has 0 aliphatic carbocycles. The predicted molar refractivity (Wildman–Crippen MR) is 87.3 cm³/mol. The number of alkyl halides is 3. The van der Waals surface area contributed by atoms with Crippen molar-refractivity contribution in [2.45, 2.75) is 19.2 Å². The van der Waals surface area contributed by atoms with E-state index in [0.717, 1.165) is 21.9 Å². The molecular formula is C16H17F3N2O2S. The lowest BCUT2D eigenvalue weighted by Crippen LogP contribution is -2.32. The lowest BCUT2D eigenvalue weighted by atomic mass is 10.2. The molecule has 4 nitrogen and oxygen atoms in total. The molecule has 2 amide bonds. The van der Waals surface area contributed by atoms with Crippen LogP contribution in [0.2, 0.25) is 0 Å². The Bertz CT molecular complexity index is 683. The van der Waals surface area contributed by atoms with Crippen LogP contribution in [0.15, 0.2) is 36.4 Å². The SMILES string of the molecule is COC(CNC(=O)Nc1ccc(C(F)(F)F)cc1)c1ccc(C)s1. The van der Waals surface area contributed by atoms with Crippen molar-refractivity contribution < 1.29 is 22.7 Å². The molecule has 1 unspecified atom stereocenters. The van der Waals surface area contributed by atoms with Crippen LogP contribution in [-0.2, 0) is 10.9 Å². The standard InChI is InChI=1S/C16H17F3N2O2S/c1-10-3-8-14(24-10)13(23-2)9-20-15(22)21-12-6-4-11(5-7-12)16(17,18)19/h3-8,13H,9H2,1-2H3,(H2,20,21,22). The van der Waals surface area contributed by atoms with Crippen LogP contribution >= 0.6 is 11.3 Å². The molecule has 1 atom stereocenters. The first-order chi connectivity index (χ1) is 11.3. The van der Waals surface area contributed by atoms with E-state index in [9.17, 15) is 18.0 Å². The molecule has 1 heterocycles. The minimum atomic E-state index is -4.40. The molecule has 0 spiro atoms. The maximum Gasteiger partial charge on any atom is 0.416 e. The Balaban J connectivity index is 1.88. The second-order valence-corrected chi connectivity index (χ2v) is 6.40. The van der Waals surface area contributed by atoms with E-state index in [1.165, 1.54) is 12.1 Å². The van der Waals surface area contributed by atoms with Crippen LogP contribution in [0.4, 0.5) is 23.7 Å². The number of carbonyl (C=O) groups is 1. The van der Waals surface area contributed by atoms with E-state index in [-0.39, 0.29) is 18.3 Å². The van der Waals surface area contributed by atoms with E-state index < -0.39 is 17.8 Å². The first kappa shape index (κ1) is 18.3. The van der Waals surface area contributed by atoms with Gasteiger partial charge in [0.15, 0.2) is 0 Å². The fraction of sp³-hybridized carbons (Fsp3) is 0.312. The molecule has 1 aromatic heterocycles. The molecule has 0 aliphatic rings. The number of halogens is 3. The highest BCUT2D eigenvalue weighted by Gasteiger charge is 2.30. The third-order valence-electron chi connectivity index (χ3n) is 3.28. The van der Waals surface area contributed by atoms with Gasteiger partial charge in [-0.3, -0.25) is 0 Å². The topological polar surface area (TPSA) is 50.4 Å². The number of rotatable bonds is 5. The molecule has 0 fully saturated rings. The summed E-state index contributed by atoms with van der Waals surface area (Å²) in [4.78, 5) is 14.0. The Hall–Kier alpha value is -2.06. The number of urea groups is 1. The van der Waals surface area contributed by atoms with Gasteiger partial charge in [0, 0.05) is 22.6 Å². The molecule has 130 valence electrons. The zero-order valence-electron chi connectivity index (χ0n) is 13.1. The largest absolute Gasteiger partial charge is 0.416 e. The summed E-state index contributed by atoms with van der Waals surface area (Å²) in [5.41, 5.74) is -0.484. The van der Waals surface area contributed by atoms with E-state index >= 15 is 0 Å². The summed E-state index contributed by atoms with van der Waals surface area (Å²) in [6.07, 6.45) is -4.67. The fourth-order valence-electron chi connectivity index (χ4n) is 2.03. The quantitative estimate of drug-likeness (QED) is 0.822. The molecular weight excluding hydrogens is 341 g/mol. The van der Waals surface area contributed by atoms with Gasteiger partial charge < -0.3 is 15.4 Å². The van der Waals surface area contributed by atoms with Gasteiger partial charge in [-0.2, -0.15) is 13.2 Å². The molecule has 0 radical (unpaired) electrons. The molecule has 24 heavy (non-hydrogen) atoms. The summed E-state index contributed by atoms with van der Waals surface area (Å²) in [6, 6.07) is 7.64. The molecule has 2 N–H and O–H groups in total. The normalized spacial score (nSPS) is 12.7. The molecule has 8 heteroatoms. The summed E-state index contributed by atoms with van der Waals surface area (Å²) in [6.45, 7) is 2.23. The van der Waals surface area contributed by atoms with E-state index in [2.05, 4.69) is 10.6 Å². The van der Waals surface area contributed by atoms with Crippen molar-refractivity contribution in [1.82, 2.24) is 5.32 Å². The van der Waals surface area contributed by atoms with Gasteiger partial charge >= 0.3 is 12.2 Å². The van der Waals surface area contributed by atoms with Gasteiger partial charge in [0.25, 0.3) is 0 Å². The highest BCUT2D eigenvalue weighted by atomic mass is 32.1. The molecule has 0 bridgehead atoms. The first-order valence-corrected chi connectivity index (χ1v) is 7.92. The highest BCUT2D eigenvalue weighted by Crippen LogP contribution is 2.29. The van der Waals surface area contributed by atoms with Crippen LogP contribution in [0.1, 0.15) is 21.4 Å². The second-order valence-electron chi connectivity index (χ2n) is 5.08. The smallest absolute Gasteiger partial charge is 0.374 e. The minimum Gasteiger partial charge on any atom is -0.374 e. The van der Waals surface area contributed by atoms with Crippen LogP contribution in [0.25, 0.3) is 0 Å². The average Bonchev–Trinajstić information content (AvgIpc) is 2.94. The maximum absolute atomic E-state index is 12.5. The molecule has 0 aliphatic heterocycles. The molecule has 0 saturated carbocycles. The third kappa shape index (κ3) is 4.97. The third-order valence-corrected chi connectivity index (χ3v) is 4.37. The van der Waals surface area contributed by atoms with E-state index in [1.807, 2.05) is 19.1 Å². The van der Waals surface area contributed by atoms with Gasteiger partial charge in [0.05, 0.1) is 12.1 Å². The summed E-state index contributed by atoms with van der Waals surface area (Å²) in [7, 11) is 1.55. The van der Waals surface area contributed by atoms with Crippen molar-refractivity contribution in [3.8, 4) is 0 Å². The summed E-state index contributed by atoms with van der Waals surface area (Å²) in [5.74, 6) is 0. The van der Waals surface area contributed by atoms with Gasteiger partial charge in [-0.05, 0) is 43.3 Å². The monoisotopic (exact) mass is 358 g/mol. The lowest BCUT2D eigenvalue weighted by molar-refractivity contribution is -0.137. The van der Waals surface area contributed by atoms with Crippen LogP contribution in [0, 0.1) is 6.92 Å². The fourth-order valence-corrected chi connectivity index (χ4v) is 2.98. The van der Waals surface area contributed by atoms with Gasteiger partial charge in [0.1, 0.15) is 6.10 Å². The zero-order valence-corrected chi connectivity index (χ0v) is 13.9. The number of hydrogen-bond acceptors (Lipinski definition) is 3.